The molecule has 1 heterocycles. The quantitative estimate of drug-likeness (QED) is 0.394. The molecule has 8 nitrogen and oxygen atoms in total. The number of furan rings is 1. The smallest absolute Gasteiger partial charge is 0.374 e. The Morgan fingerprint density at radius 1 is 0.970 bits per heavy atom. The van der Waals surface area contributed by atoms with Crippen LogP contribution in [0.1, 0.15) is 43.8 Å². The second-order valence-electron chi connectivity index (χ2n) is 8.24. The number of rotatable bonds is 10. The Bertz CT molecular complexity index is 922. The van der Waals surface area contributed by atoms with Crippen molar-refractivity contribution in [3.05, 3.63) is 59.9 Å². The Morgan fingerprint density at radius 3 is 2.00 bits per heavy atom. The van der Waals surface area contributed by atoms with Crippen LogP contribution in [0, 0.1) is 12.3 Å². The van der Waals surface area contributed by atoms with E-state index in [0.717, 1.165) is 25.2 Å². The van der Waals surface area contributed by atoms with Gasteiger partial charge in [-0.05, 0) is 32.1 Å². The number of esters is 1. The molecule has 0 aliphatic heterocycles. The van der Waals surface area contributed by atoms with Crippen molar-refractivity contribution in [2.75, 3.05) is 26.2 Å². The van der Waals surface area contributed by atoms with Crippen LogP contribution >= 0.6 is 0 Å². The fraction of sp³-hybridized carbons (Fsp3) is 0.400. The summed E-state index contributed by atoms with van der Waals surface area (Å²) >= 11 is 0. The standard InChI is InChI=1S/C21H29NO3.C4H4O4/c1-6-22(7-2)14-21(4,5)15-24-20(23)19-13-12-18(25-19)17-10-8-16(3)9-11-17;5-3(6)1-2-4(7)8/h8-13H,6-7,14-15H2,1-5H3;1-2H,(H,5,6)(H,7,8)/b;2-1+. The van der Waals surface area contributed by atoms with E-state index in [0.29, 0.717) is 24.5 Å². The van der Waals surface area contributed by atoms with Crippen molar-refractivity contribution < 1.29 is 33.8 Å². The zero-order valence-corrected chi connectivity index (χ0v) is 19.8. The number of aryl methyl sites for hydroxylation is 1. The van der Waals surface area contributed by atoms with Crippen LogP contribution in [0.4, 0.5) is 0 Å². The van der Waals surface area contributed by atoms with E-state index in [1.807, 2.05) is 37.3 Å². The van der Waals surface area contributed by atoms with Gasteiger partial charge in [-0.25, -0.2) is 14.4 Å². The minimum absolute atomic E-state index is 0.103. The van der Waals surface area contributed by atoms with Gasteiger partial charge in [0.05, 0.1) is 6.61 Å². The van der Waals surface area contributed by atoms with E-state index in [1.165, 1.54) is 5.56 Å². The van der Waals surface area contributed by atoms with Gasteiger partial charge in [-0.15, -0.1) is 0 Å². The normalized spacial score (nSPS) is 11.2. The molecule has 2 rings (SSSR count). The van der Waals surface area contributed by atoms with Gasteiger partial charge in [0.25, 0.3) is 0 Å². The molecule has 0 radical (unpaired) electrons. The first-order chi connectivity index (χ1) is 15.5. The number of ether oxygens (including phenoxy) is 1. The van der Waals surface area contributed by atoms with Crippen LogP contribution in [-0.4, -0.2) is 59.3 Å². The summed E-state index contributed by atoms with van der Waals surface area (Å²) in [6.07, 6.45) is 1.12. The van der Waals surface area contributed by atoms with Crippen molar-refractivity contribution >= 4 is 17.9 Å². The molecule has 180 valence electrons. The van der Waals surface area contributed by atoms with Crippen molar-refractivity contribution in [1.29, 1.82) is 0 Å². The molecule has 0 amide bonds. The Morgan fingerprint density at radius 2 is 1.52 bits per heavy atom. The molecular weight excluding hydrogens is 426 g/mol. The predicted octanol–water partition coefficient (Wildman–Crippen LogP) is 4.49. The monoisotopic (exact) mass is 459 g/mol. The molecule has 0 saturated heterocycles. The third kappa shape index (κ3) is 10.7. The highest BCUT2D eigenvalue weighted by atomic mass is 16.5. The molecule has 2 aromatic rings. The van der Waals surface area contributed by atoms with Crippen LogP contribution < -0.4 is 0 Å². The van der Waals surface area contributed by atoms with Gasteiger partial charge in [0.2, 0.25) is 5.76 Å². The van der Waals surface area contributed by atoms with Gasteiger partial charge in [0.15, 0.2) is 0 Å². The fourth-order valence-electron chi connectivity index (χ4n) is 2.89. The lowest BCUT2D eigenvalue weighted by Crippen LogP contribution is -2.37. The zero-order chi connectivity index (χ0) is 25.0. The van der Waals surface area contributed by atoms with Crippen molar-refractivity contribution in [2.45, 2.75) is 34.6 Å². The van der Waals surface area contributed by atoms with Gasteiger partial charge in [-0.2, -0.15) is 0 Å². The number of nitrogens with zero attached hydrogens (tertiary/aromatic N) is 1. The van der Waals surface area contributed by atoms with Gasteiger partial charge in [0.1, 0.15) is 5.76 Å². The maximum atomic E-state index is 12.3. The minimum Gasteiger partial charge on any atom is -0.478 e. The Kier molecular flexibility index (Phi) is 11.1. The summed E-state index contributed by atoms with van der Waals surface area (Å²) in [5, 5.41) is 15.6. The molecule has 8 heteroatoms. The summed E-state index contributed by atoms with van der Waals surface area (Å²) in [6.45, 7) is 13.8. The van der Waals surface area contributed by atoms with Crippen LogP contribution in [0.15, 0.2) is 53.0 Å². The van der Waals surface area contributed by atoms with E-state index >= 15 is 0 Å². The molecule has 33 heavy (non-hydrogen) atoms. The highest BCUT2D eigenvalue weighted by molar-refractivity contribution is 5.89. The highest BCUT2D eigenvalue weighted by Gasteiger charge is 2.24. The molecule has 0 fully saturated rings. The Balaban J connectivity index is 0.000000582. The minimum atomic E-state index is -1.26. The number of benzene rings is 1. The second-order valence-corrected chi connectivity index (χ2v) is 8.24. The second kappa shape index (κ2) is 13.2. The molecule has 0 unspecified atom stereocenters. The first kappa shape index (κ1) is 27.6. The van der Waals surface area contributed by atoms with Crippen molar-refractivity contribution in [3.8, 4) is 11.3 Å². The molecule has 2 N–H and O–H groups in total. The number of carboxylic acids is 2. The van der Waals surface area contributed by atoms with E-state index in [-0.39, 0.29) is 11.2 Å². The Hall–Kier alpha value is -3.39. The lowest BCUT2D eigenvalue weighted by Gasteiger charge is -2.30. The predicted molar refractivity (Wildman–Crippen MR) is 125 cm³/mol. The van der Waals surface area contributed by atoms with Gasteiger partial charge >= 0.3 is 17.9 Å². The van der Waals surface area contributed by atoms with Gasteiger partial charge in [-0.1, -0.05) is 57.5 Å². The summed E-state index contributed by atoms with van der Waals surface area (Å²) in [4.78, 5) is 33.7. The average Bonchev–Trinajstić information content (AvgIpc) is 3.26. The molecule has 0 bridgehead atoms. The largest absolute Gasteiger partial charge is 0.478 e. The SMILES string of the molecule is CCN(CC)CC(C)(C)COC(=O)c1ccc(-c2ccc(C)cc2)o1.O=C(O)/C=C/C(=O)O. The highest BCUT2D eigenvalue weighted by Crippen LogP contribution is 2.24. The van der Waals surface area contributed by atoms with Crippen LogP contribution in [0.5, 0.6) is 0 Å². The first-order valence-electron chi connectivity index (χ1n) is 10.7. The Labute approximate surface area is 194 Å². The lowest BCUT2D eigenvalue weighted by molar-refractivity contribution is -0.134. The number of carboxylic acid groups (broad SMARTS) is 2. The van der Waals surface area contributed by atoms with Crippen LogP contribution in [0.2, 0.25) is 0 Å². The van der Waals surface area contributed by atoms with Crippen molar-refractivity contribution in [2.24, 2.45) is 5.41 Å². The number of carbonyl (C=O) groups is 3. The lowest BCUT2D eigenvalue weighted by atomic mass is 9.94. The number of carbonyl (C=O) groups excluding carboxylic acids is 1. The summed E-state index contributed by atoms with van der Waals surface area (Å²) in [5.41, 5.74) is 2.03. The number of hydrogen-bond donors (Lipinski definition) is 2. The summed E-state index contributed by atoms with van der Waals surface area (Å²) < 4.78 is 11.2. The molecule has 1 aromatic carbocycles. The van der Waals surface area contributed by atoms with E-state index in [4.69, 9.17) is 19.4 Å². The van der Waals surface area contributed by atoms with E-state index < -0.39 is 17.9 Å². The summed E-state index contributed by atoms with van der Waals surface area (Å²) in [7, 11) is 0. The molecule has 0 spiro atoms. The zero-order valence-electron chi connectivity index (χ0n) is 19.8. The van der Waals surface area contributed by atoms with Crippen molar-refractivity contribution in [3.63, 3.8) is 0 Å². The molecular formula is C25H33NO7. The van der Waals surface area contributed by atoms with E-state index in [2.05, 4.69) is 32.6 Å². The molecule has 1 aromatic heterocycles. The van der Waals surface area contributed by atoms with Crippen molar-refractivity contribution in [1.82, 2.24) is 4.90 Å². The first-order valence-corrected chi connectivity index (χ1v) is 10.7. The molecule has 0 saturated carbocycles. The average molecular weight is 460 g/mol. The topological polar surface area (TPSA) is 117 Å². The summed E-state index contributed by atoms with van der Waals surface area (Å²) in [6, 6.07) is 11.5. The molecule has 0 aliphatic rings. The third-order valence-electron chi connectivity index (χ3n) is 4.65. The fourth-order valence-corrected chi connectivity index (χ4v) is 2.89. The van der Waals surface area contributed by atoms with Crippen LogP contribution in [0.3, 0.4) is 0 Å². The van der Waals surface area contributed by atoms with Gasteiger partial charge < -0.3 is 24.3 Å². The van der Waals surface area contributed by atoms with E-state index in [1.54, 1.807) is 6.07 Å². The van der Waals surface area contributed by atoms with E-state index in [9.17, 15) is 14.4 Å². The molecule has 0 aliphatic carbocycles. The third-order valence-corrected chi connectivity index (χ3v) is 4.65. The number of aliphatic carboxylic acids is 2. The van der Waals surface area contributed by atoms with Gasteiger partial charge in [-0.3, -0.25) is 0 Å². The maximum Gasteiger partial charge on any atom is 0.374 e. The maximum absolute atomic E-state index is 12.3. The van der Waals surface area contributed by atoms with Gasteiger partial charge in [0, 0.05) is 29.7 Å². The summed E-state index contributed by atoms with van der Waals surface area (Å²) in [5.74, 6) is -2.01. The van der Waals surface area contributed by atoms with Crippen LogP contribution in [0.25, 0.3) is 11.3 Å². The number of hydrogen-bond acceptors (Lipinski definition) is 6. The van der Waals surface area contributed by atoms with Crippen LogP contribution in [-0.2, 0) is 14.3 Å². The molecule has 0 atom stereocenters.